The number of fused-ring (bicyclic) bond motifs is 1. The van der Waals surface area contributed by atoms with Crippen LogP contribution in [0.25, 0.3) is 5.69 Å². The second-order valence-corrected chi connectivity index (χ2v) is 3.92. The molecular weight excluding hydrogens is 266 g/mol. The third kappa shape index (κ3) is 1.66. The first-order valence-corrected chi connectivity index (χ1v) is 5.53. The van der Waals surface area contributed by atoms with Gasteiger partial charge in [0.2, 0.25) is 5.69 Å². The van der Waals surface area contributed by atoms with E-state index in [1.54, 1.807) is 18.2 Å². The molecule has 0 N–H and O–H groups in total. The zero-order valence-corrected chi connectivity index (χ0v) is 10.2. The first-order chi connectivity index (χ1) is 9.61. The van der Waals surface area contributed by atoms with E-state index in [1.165, 1.54) is 13.2 Å². The molecule has 20 heavy (non-hydrogen) atoms. The number of aromatic nitrogens is 3. The van der Waals surface area contributed by atoms with E-state index in [2.05, 4.69) is 19.8 Å². The van der Waals surface area contributed by atoms with Gasteiger partial charge in [0.05, 0.1) is 18.4 Å². The van der Waals surface area contributed by atoms with Gasteiger partial charge in [-0.1, -0.05) is 11.3 Å². The minimum Gasteiger partial charge on any atom is -0.465 e. The van der Waals surface area contributed by atoms with Gasteiger partial charge >= 0.3 is 17.9 Å². The van der Waals surface area contributed by atoms with Crippen molar-refractivity contribution < 1.29 is 23.9 Å². The molecule has 0 saturated carbocycles. The van der Waals surface area contributed by atoms with Crippen molar-refractivity contribution in [3.63, 3.8) is 0 Å². The molecule has 0 unspecified atom stereocenters. The summed E-state index contributed by atoms with van der Waals surface area (Å²) in [5.74, 6) is -2.18. The average molecular weight is 273 g/mol. The lowest BCUT2D eigenvalue weighted by molar-refractivity contribution is 0.0433. The van der Waals surface area contributed by atoms with E-state index in [4.69, 9.17) is 0 Å². The van der Waals surface area contributed by atoms with Gasteiger partial charge in [-0.25, -0.2) is 19.1 Å². The van der Waals surface area contributed by atoms with Crippen molar-refractivity contribution in [1.29, 1.82) is 0 Å². The number of hydrogen-bond acceptors (Lipinski definition) is 7. The third-order valence-corrected chi connectivity index (χ3v) is 2.75. The minimum atomic E-state index is -0.833. The Kier molecular flexibility index (Phi) is 2.56. The van der Waals surface area contributed by atoms with E-state index in [0.717, 1.165) is 4.68 Å². The van der Waals surface area contributed by atoms with Crippen LogP contribution < -0.4 is 0 Å². The Bertz CT molecular complexity index is 749. The van der Waals surface area contributed by atoms with Crippen LogP contribution in [0.1, 0.15) is 31.3 Å². The summed E-state index contributed by atoms with van der Waals surface area (Å²) >= 11 is 0. The zero-order chi connectivity index (χ0) is 14.3. The van der Waals surface area contributed by atoms with E-state index in [1.807, 2.05) is 0 Å². The summed E-state index contributed by atoms with van der Waals surface area (Å²) in [4.78, 5) is 34.4. The van der Waals surface area contributed by atoms with Crippen molar-refractivity contribution in [2.75, 3.05) is 7.11 Å². The fourth-order valence-electron chi connectivity index (χ4n) is 1.85. The Morgan fingerprint density at radius 3 is 2.85 bits per heavy atom. The smallest absolute Gasteiger partial charge is 0.369 e. The van der Waals surface area contributed by atoms with Crippen LogP contribution in [0.4, 0.5) is 0 Å². The van der Waals surface area contributed by atoms with E-state index >= 15 is 0 Å². The maximum absolute atomic E-state index is 11.6. The van der Waals surface area contributed by atoms with Gasteiger partial charge in [0.1, 0.15) is 0 Å². The van der Waals surface area contributed by atoms with Crippen molar-refractivity contribution >= 4 is 17.9 Å². The van der Waals surface area contributed by atoms with E-state index in [9.17, 15) is 14.4 Å². The lowest BCUT2D eigenvalue weighted by atomic mass is 10.2. The lowest BCUT2D eigenvalue weighted by Crippen LogP contribution is -2.09. The maximum Gasteiger partial charge on any atom is 0.369 e. The topological polar surface area (TPSA) is 100 Å². The normalized spacial score (nSPS) is 13.1. The highest BCUT2D eigenvalue weighted by Crippen LogP contribution is 2.21. The molecule has 0 amide bonds. The molecule has 3 rings (SSSR count). The van der Waals surface area contributed by atoms with Crippen molar-refractivity contribution in [3.05, 3.63) is 41.2 Å². The molecule has 1 aromatic heterocycles. The van der Waals surface area contributed by atoms with E-state index in [0.29, 0.717) is 5.69 Å². The fourth-order valence-corrected chi connectivity index (χ4v) is 1.85. The van der Waals surface area contributed by atoms with Gasteiger partial charge in [-0.3, -0.25) is 0 Å². The van der Waals surface area contributed by atoms with Crippen LogP contribution in [-0.2, 0) is 9.47 Å². The number of rotatable bonds is 2. The van der Waals surface area contributed by atoms with Crippen LogP contribution in [0.5, 0.6) is 0 Å². The molecule has 8 heteroatoms. The van der Waals surface area contributed by atoms with Gasteiger partial charge < -0.3 is 9.47 Å². The van der Waals surface area contributed by atoms with Gasteiger partial charge in [0.25, 0.3) is 0 Å². The summed E-state index contributed by atoms with van der Waals surface area (Å²) in [5.41, 5.74) is 0.482. The number of esters is 3. The number of benzene rings is 1. The highest BCUT2D eigenvalue weighted by Gasteiger charge is 2.37. The Morgan fingerprint density at radius 1 is 1.30 bits per heavy atom. The van der Waals surface area contributed by atoms with Crippen molar-refractivity contribution in [3.8, 4) is 5.69 Å². The average Bonchev–Trinajstić information content (AvgIpc) is 3.01. The van der Waals surface area contributed by atoms with Gasteiger partial charge in [-0.05, 0) is 18.2 Å². The van der Waals surface area contributed by atoms with Gasteiger partial charge in [-0.15, -0.1) is 5.10 Å². The van der Waals surface area contributed by atoms with Crippen LogP contribution in [-0.4, -0.2) is 40.0 Å². The molecule has 0 radical (unpaired) electrons. The summed E-state index contributed by atoms with van der Waals surface area (Å²) in [6, 6.07) is 6.22. The Morgan fingerprint density at radius 2 is 2.10 bits per heavy atom. The van der Waals surface area contributed by atoms with Crippen LogP contribution in [0.3, 0.4) is 0 Å². The quantitative estimate of drug-likeness (QED) is 0.575. The molecule has 0 fully saturated rings. The number of methoxy groups -OCH3 is 1. The second-order valence-electron chi connectivity index (χ2n) is 3.92. The Hall–Kier alpha value is -3.03. The van der Waals surface area contributed by atoms with Gasteiger partial charge in [0, 0.05) is 0 Å². The molecule has 0 bridgehead atoms. The largest absolute Gasteiger partial charge is 0.465 e. The highest BCUT2D eigenvalue weighted by molar-refractivity contribution is 6.12. The number of nitrogens with zero attached hydrogens (tertiary/aromatic N) is 3. The van der Waals surface area contributed by atoms with Crippen LogP contribution in [0.15, 0.2) is 24.3 Å². The molecule has 2 heterocycles. The molecule has 0 spiro atoms. The highest BCUT2D eigenvalue weighted by atomic mass is 16.6. The summed E-state index contributed by atoms with van der Waals surface area (Å²) in [6.07, 6.45) is 0. The molecular formula is C12H7N3O5. The molecule has 0 atom stereocenters. The van der Waals surface area contributed by atoms with Gasteiger partial charge in [0.15, 0.2) is 5.69 Å². The summed E-state index contributed by atoms with van der Waals surface area (Å²) in [5, 5.41) is 7.33. The molecule has 1 aromatic carbocycles. The van der Waals surface area contributed by atoms with Gasteiger partial charge in [-0.2, -0.15) is 0 Å². The fraction of sp³-hybridized carbons (Fsp3) is 0.0833. The van der Waals surface area contributed by atoms with E-state index in [-0.39, 0.29) is 17.0 Å². The zero-order valence-electron chi connectivity index (χ0n) is 10.2. The minimum absolute atomic E-state index is 0.0583. The summed E-state index contributed by atoms with van der Waals surface area (Å²) < 4.78 is 10.2. The van der Waals surface area contributed by atoms with E-state index < -0.39 is 17.9 Å². The van der Waals surface area contributed by atoms with Crippen molar-refractivity contribution in [2.45, 2.75) is 0 Å². The summed E-state index contributed by atoms with van der Waals surface area (Å²) in [6.45, 7) is 0. The Labute approximate surface area is 111 Å². The molecule has 1 aliphatic heterocycles. The van der Waals surface area contributed by atoms with Crippen LogP contribution in [0.2, 0.25) is 0 Å². The maximum atomic E-state index is 11.6. The number of hydrogen-bond donors (Lipinski definition) is 0. The monoisotopic (exact) mass is 273 g/mol. The third-order valence-electron chi connectivity index (χ3n) is 2.75. The molecule has 100 valence electrons. The Balaban J connectivity index is 2.12. The predicted octanol–water partition coefficient (Wildman–Crippen LogP) is 0.364. The standard InChI is InChI=1S/C12H7N3O5/c1-19-10(16)6-3-2-4-7(5-6)15-9-8(13-14-15)11(17)20-12(9)18/h2-5H,1H3. The molecule has 2 aromatic rings. The molecule has 1 aliphatic rings. The van der Waals surface area contributed by atoms with Crippen LogP contribution >= 0.6 is 0 Å². The lowest BCUT2D eigenvalue weighted by Gasteiger charge is -2.04. The van der Waals surface area contributed by atoms with Crippen molar-refractivity contribution in [2.24, 2.45) is 0 Å². The number of carbonyl (C=O) groups is 3. The number of carbonyl (C=O) groups excluding carboxylic acids is 3. The molecule has 8 nitrogen and oxygen atoms in total. The second kappa shape index (κ2) is 4.26. The SMILES string of the molecule is COC(=O)c1cccc(-n2nnc3c2C(=O)OC3=O)c1. The first kappa shape index (κ1) is 12.0. The molecule has 0 saturated heterocycles. The number of cyclic esters (lactones) is 2. The number of ether oxygens (including phenoxy) is 2. The van der Waals surface area contributed by atoms with Crippen molar-refractivity contribution in [1.82, 2.24) is 15.0 Å². The van der Waals surface area contributed by atoms with Crippen LogP contribution in [0, 0.1) is 0 Å². The first-order valence-electron chi connectivity index (χ1n) is 5.53. The molecule has 0 aliphatic carbocycles. The predicted molar refractivity (Wildman–Crippen MR) is 62.4 cm³/mol. The summed E-state index contributed by atoms with van der Waals surface area (Å²) in [7, 11) is 1.26.